The molecule has 0 amide bonds. The lowest BCUT2D eigenvalue weighted by molar-refractivity contribution is -0.0389. The van der Waals surface area contributed by atoms with Crippen LogP contribution in [-0.2, 0) is 16.1 Å². The van der Waals surface area contributed by atoms with Crippen LogP contribution in [0.5, 0.6) is 5.75 Å². The van der Waals surface area contributed by atoms with Crippen molar-refractivity contribution >= 4 is 17.1 Å². The Bertz CT molecular complexity index is 1070. The van der Waals surface area contributed by atoms with Gasteiger partial charge in [0, 0.05) is 55.8 Å². The van der Waals surface area contributed by atoms with Crippen molar-refractivity contribution in [3.8, 4) is 5.75 Å². The van der Waals surface area contributed by atoms with Crippen molar-refractivity contribution in [2.45, 2.75) is 38.7 Å². The molecule has 6 heteroatoms. The zero-order valence-electron chi connectivity index (χ0n) is 20.6. The molecule has 0 spiro atoms. The van der Waals surface area contributed by atoms with E-state index in [0.717, 1.165) is 41.3 Å². The molecule has 1 aliphatic rings. The molecule has 0 saturated heterocycles. The zero-order valence-corrected chi connectivity index (χ0v) is 20.6. The molecule has 0 bridgehead atoms. The number of hydrogen-bond donors (Lipinski definition) is 1. The molecule has 2 heterocycles. The summed E-state index contributed by atoms with van der Waals surface area (Å²) >= 11 is 0. The topological polar surface area (TPSA) is 55.9 Å². The van der Waals surface area contributed by atoms with E-state index in [-0.39, 0.29) is 6.79 Å². The van der Waals surface area contributed by atoms with Gasteiger partial charge in [-0.25, -0.2) is 0 Å². The maximum atomic E-state index is 6.07. The average Bonchev–Trinajstić information content (AvgIpc) is 2.87. The number of pyridine rings is 1. The predicted molar refractivity (Wildman–Crippen MR) is 137 cm³/mol. The number of nitrogens with one attached hydrogen (secondary N) is 1. The van der Waals surface area contributed by atoms with Gasteiger partial charge >= 0.3 is 0 Å². The van der Waals surface area contributed by atoms with Gasteiger partial charge in [0.1, 0.15) is 12.5 Å². The normalized spacial score (nSPS) is 15.0. The van der Waals surface area contributed by atoms with Gasteiger partial charge in [-0.05, 0) is 47.7 Å². The molecule has 180 valence electrons. The van der Waals surface area contributed by atoms with E-state index in [4.69, 9.17) is 14.2 Å². The minimum atomic E-state index is 0.272. The molecule has 0 saturated carbocycles. The summed E-state index contributed by atoms with van der Waals surface area (Å²) in [4.78, 5) is 6.48. The Hall–Kier alpha value is -3.09. The van der Waals surface area contributed by atoms with E-state index in [9.17, 15) is 0 Å². The first-order chi connectivity index (χ1) is 16.6. The lowest BCUT2D eigenvalue weighted by atomic mass is 9.92. The number of ether oxygens (including phenoxy) is 3. The highest BCUT2D eigenvalue weighted by atomic mass is 16.7. The van der Waals surface area contributed by atoms with Crippen molar-refractivity contribution < 1.29 is 14.2 Å². The molecule has 1 N–H and O–H groups in total. The van der Waals surface area contributed by atoms with E-state index >= 15 is 0 Å². The molecule has 0 fully saturated rings. The zero-order chi connectivity index (χ0) is 23.9. The van der Waals surface area contributed by atoms with E-state index < -0.39 is 0 Å². The number of benzene rings is 2. The lowest BCUT2D eigenvalue weighted by Gasteiger charge is -2.29. The van der Waals surface area contributed by atoms with Crippen molar-refractivity contribution in [2.24, 2.45) is 0 Å². The highest BCUT2D eigenvalue weighted by molar-refractivity contribution is 5.65. The summed E-state index contributed by atoms with van der Waals surface area (Å²) in [5.41, 5.74) is 6.94. The van der Waals surface area contributed by atoms with E-state index in [2.05, 4.69) is 78.6 Å². The Morgan fingerprint density at radius 2 is 1.91 bits per heavy atom. The highest BCUT2D eigenvalue weighted by Crippen LogP contribution is 2.38. The average molecular weight is 462 g/mol. The van der Waals surface area contributed by atoms with Crippen LogP contribution in [0.15, 0.2) is 60.9 Å². The van der Waals surface area contributed by atoms with Crippen LogP contribution in [0.4, 0.5) is 17.1 Å². The predicted octanol–water partition coefficient (Wildman–Crippen LogP) is 6.07. The highest BCUT2D eigenvalue weighted by Gasteiger charge is 2.23. The first-order valence-electron chi connectivity index (χ1n) is 11.9. The van der Waals surface area contributed by atoms with E-state index in [1.54, 1.807) is 13.3 Å². The molecule has 4 rings (SSSR count). The quantitative estimate of drug-likeness (QED) is 0.292. The first-order valence-corrected chi connectivity index (χ1v) is 11.9. The standard InChI is InChI=1S/C28H35N3O3/c1-20(2)21-5-7-24(8-6-21)31(3)25-9-10-26-22(12-14-34-28(26)15-25)16-30-27-17-29-13-11-23(27)18-33-19-32-4/h5-11,13,15,17,20,22,30H,12,14,16,18-19H2,1-4H3/t22-/m0/s1. The van der Waals surface area contributed by atoms with Crippen molar-refractivity contribution in [1.82, 2.24) is 4.98 Å². The Labute approximate surface area is 202 Å². The van der Waals surface area contributed by atoms with Crippen LogP contribution in [-0.4, -0.2) is 39.1 Å². The fourth-order valence-corrected chi connectivity index (χ4v) is 4.28. The second kappa shape index (κ2) is 11.4. The molecule has 0 aliphatic carbocycles. The third kappa shape index (κ3) is 5.69. The number of anilines is 3. The van der Waals surface area contributed by atoms with Gasteiger partial charge in [0.05, 0.1) is 25.1 Å². The third-order valence-electron chi connectivity index (χ3n) is 6.40. The van der Waals surface area contributed by atoms with Crippen LogP contribution in [0.3, 0.4) is 0 Å². The van der Waals surface area contributed by atoms with Crippen molar-refractivity contribution in [1.29, 1.82) is 0 Å². The summed E-state index contributed by atoms with van der Waals surface area (Å²) in [6.07, 6.45) is 4.62. The van der Waals surface area contributed by atoms with Gasteiger partial charge in [0.15, 0.2) is 0 Å². The van der Waals surface area contributed by atoms with Crippen molar-refractivity contribution in [3.63, 3.8) is 0 Å². The summed E-state index contributed by atoms with van der Waals surface area (Å²) in [5, 5.41) is 3.58. The largest absolute Gasteiger partial charge is 0.493 e. The van der Waals surface area contributed by atoms with Crippen molar-refractivity contribution in [3.05, 3.63) is 77.6 Å². The van der Waals surface area contributed by atoms with Crippen molar-refractivity contribution in [2.75, 3.05) is 44.3 Å². The summed E-state index contributed by atoms with van der Waals surface area (Å²) < 4.78 is 16.6. The fourth-order valence-electron chi connectivity index (χ4n) is 4.28. The molecule has 1 atom stereocenters. The molecule has 1 aliphatic heterocycles. The van der Waals surface area contributed by atoms with Gasteiger partial charge in [-0.2, -0.15) is 0 Å². The molecule has 0 radical (unpaired) electrons. The molecule has 34 heavy (non-hydrogen) atoms. The second-order valence-corrected chi connectivity index (χ2v) is 9.03. The van der Waals surface area contributed by atoms with Gasteiger partial charge in [-0.3, -0.25) is 4.98 Å². The summed E-state index contributed by atoms with van der Waals surface area (Å²) in [6, 6.07) is 17.3. The Morgan fingerprint density at radius 3 is 2.68 bits per heavy atom. The molecular weight excluding hydrogens is 426 g/mol. The van der Waals surface area contributed by atoms with Crippen LogP contribution in [0.1, 0.15) is 48.8 Å². The number of rotatable bonds is 10. The Morgan fingerprint density at radius 1 is 1.12 bits per heavy atom. The van der Waals surface area contributed by atoms with E-state index in [1.807, 2.05) is 12.3 Å². The van der Waals surface area contributed by atoms with Gasteiger partial charge in [-0.15, -0.1) is 0 Å². The van der Waals surface area contributed by atoms with Crippen LogP contribution < -0.4 is 15.0 Å². The number of hydrogen-bond acceptors (Lipinski definition) is 6. The molecular formula is C28H35N3O3. The summed E-state index contributed by atoms with van der Waals surface area (Å²) in [6.45, 7) is 6.71. The molecule has 1 aromatic heterocycles. The molecule has 3 aromatic rings. The number of fused-ring (bicyclic) bond motifs is 1. The minimum Gasteiger partial charge on any atom is -0.493 e. The number of nitrogens with zero attached hydrogens (tertiary/aromatic N) is 2. The summed E-state index contributed by atoms with van der Waals surface area (Å²) in [5.74, 6) is 1.86. The number of aromatic nitrogens is 1. The maximum absolute atomic E-state index is 6.07. The number of methoxy groups -OCH3 is 1. The van der Waals surface area contributed by atoms with Crippen LogP contribution in [0, 0.1) is 0 Å². The van der Waals surface area contributed by atoms with Gasteiger partial charge in [0.25, 0.3) is 0 Å². The van der Waals surface area contributed by atoms with Gasteiger partial charge in [-0.1, -0.05) is 32.0 Å². The Kier molecular flexibility index (Phi) is 8.03. The fraction of sp³-hybridized carbons (Fsp3) is 0.393. The van der Waals surface area contributed by atoms with E-state index in [0.29, 0.717) is 25.0 Å². The van der Waals surface area contributed by atoms with Crippen LogP contribution in [0.2, 0.25) is 0 Å². The smallest absolute Gasteiger partial charge is 0.146 e. The second-order valence-electron chi connectivity index (χ2n) is 9.03. The maximum Gasteiger partial charge on any atom is 0.146 e. The molecule has 6 nitrogen and oxygen atoms in total. The molecule has 0 unspecified atom stereocenters. The first kappa shape index (κ1) is 24.0. The van der Waals surface area contributed by atoms with E-state index in [1.165, 1.54) is 11.1 Å². The van der Waals surface area contributed by atoms with Crippen LogP contribution in [0.25, 0.3) is 0 Å². The monoisotopic (exact) mass is 461 g/mol. The SMILES string of the molecule is COCOCc1ccncc1NC[C@@H]1CCOc2cc(N(C)c3ccc(C(C)C)cc3)ccc21. The van der Waals surface area contributed by atoms with Gasteiger partial charge < -0.3 is 24.4 Å². The third-order valence-corrected chi connectivity index (χ3v) is 6.40. The molecule has 2 aromatic carbocycles. The van der Waals surface area contributed by atoms with Gasteiger partial charge in [0.2, 0.25) is 0 Å². The van der Waals surface area contributed by atoms with Crippen LogP contribution >= 0.6 is 0 Å². The lowest BCUT2D eigenvalue weighted by Crippen LogP contribution is -2.22. The summed E-state index contributed by atoms with van der Waals surface area (Å²) in [7, 11) is 3.73. The minimum absolute atomic E-state index is 0.272. The Balaban J connectivity index is 1.45.